The summed E-state index contributed by atoms with van der Waals surface area (Å²) in [6, 6.07) is 3.06. The summed E-state index contributed by atoms with van der Waals surface area (Å²) >= 11 is 1.66. The van der Waals surface area contributed by atoms with Crippen molar-refractivity contribution in [2.24, 2.45) is 5.84 Å². The minimum atomic E-state index is -0.447. The summed E-state index contributed by atoms with van der Waals surface area (Å²) in [6.45, 7) is 2.07. The summed E-state index contributed by atoms with van der Waals surface area (Å²) in [6.07, 6.45) is 1.05. The fourth-order valence-corrected chi connectivity index (χ4v) is 2.32. The zero-order chi connectivity index (χ0) is 12.0. The molecule has 0 saturated carbocycles. The molecule has 0 amide bonds. The number of rotatable bonds is 6. The molecule has 0 aliphatic carbocycles. The molecule has 0 radical (unpaired) electrons. The number of hydrazine groups is 1. The minimum Gasteiger partial charge on any atom is -0.271 e. The van der Waals surface area contributed by atoms with E-state index >= 15 is 0 Å². The monoisotopic (exact) mass is 246 g/mol. The Morgan fingerprint density at radius 3 is 2.81 bits per heavy atom. The molecule has 0 fully saturated rings. The second-order valence-corrected chi connectivity index (χ2v) is 4.61. The molecular formula is C11H16F2N2S. The molecule has 16 heavy (non-hydrogen) atoms. The lowest BCUT2D eigenvalue weighted by atomic mass is 10.1. The Labute approximate surface area is 98.6 Å². The van der Waals surface area contributed by atoms with Gasteiger partial charge in [-0.05, 0) is 30.4 Å². The van der Waals surface area contributed by atoms with Crippen LogP contribution in [0, 0.1) is 11.6 Å². The third-order valence-electron chi connectivity index (χ3n) is 2.17. The number of thioether (sulfide) groups is 1. The van der Waals surface area contributed by atoms with Gasteiger partial charge in [-0.15, -0.1) is 0 Å². The second kappa shape index (κ2) is 6.83. The minimum absolute atomic E-state index is 0.283. The van der Waals surface area contributed by atoms with Gasteiger partial charge in [-0.3, -0.25) is 11.3 Å². The van der Waals surface area contributed by atoms with Gasteiger partial charge in [-0.2, -0.15) is 11.8 Å². The maximum Gasteiger partial charge on any atom is 0.128 e. The van der Waals surface area contributed by atoms with Crippen LogP contribution in [0.15, 0.2) is 18.2 Å². The fraction of sp³-hybridized carbons (Fsp3) is 0.455. The van der Waals surface area contributed by atoms with E-state index < -0.39 is 11.6 Å². The van der Waals surface area contributed by atoms with Crippen LogP contribution in [0.25, 0.3) is 0 Å². The number of hydrogen-bond donors (Lipinski definition) is 2. The first kappa shape index (κ1) is 13.4. The molecule has 1 aromatic rings. The van der Waals surface area contributed by atoms with E-state index in [9.17, 15) is 8.78 Å². The van der Waals surface area contributed by atoms with Gasteiger partial charge < -0.3 is 0 Å². The summed E-state index contributed by atoms with van der Waals surface area (Å²) in [7, 11) is 0. The van der Waals surface area contributed by atoms with E-state index in [1.165, 1.54) is 6.07 Å². The van der Waals surface area contributed by atoms with Gasteiger partial charge in [-0.25, -0.2) is 8.78 Å². The number of hydrogen-bond acceptors (Lipinski definition) is 3. The summed E-state index contributed by atoms with van der Waals surface area (Å²) < 4.78 is 26.4. The molecule has 0 aromatic heterocycles. The molecule has 3 N–H and O–H groups in total. The lowest BCUT2D eigenvalue weighted by Gasteiger charge is -2.16. The van der Waals surface area contributed by atoms with Crippen molar-refractivity contribution in [3.05, 3.63) is 35.4 Å². The van der Waals surface area contributed by atoms with Gasteiger partial charge in [0.25, 0.3) is 0 Å². The first-order valence-corrected chi connectivity index (χ1v) is 6.33. The lowest BCUT2D eigenvalue weighted by Crippen LogP contribution is -2.30. The first-order chi connectivity index (χ1) is 7.69. The van der Waals surface area contributed by atoms with Crippen LogP contribution in [-0.4, -0.2) is 11.5 Å². The van der Waals surface area contributed by atoms with Crippen LogP contribution in [-0.2, 0) is 0 Å². The molecule has 0 aliphatic heterocycles. The Morgan fingerprint density at radius 2 is 2.19 bits per heavy atom. The number of benzene rings is 1. The fourth-order valence-electron chi connectivity index (χ4n) is 1.35. The maximum absolute atomic E-state index is 13.4. The van der Waals surface area contributed by atoms with Crippen molar-refractivity contribution in [2.75, 3.05) is 11.5 Å². The molecular weight excluding hydrogens is 230 g/mol. The van der Waals surface area contributed by atoms with Gasteiger partial charge in [0.05, 0.1) is 6.04 Å². The number of halogens is 2. The average Bonchev–Trinajstić information content (AvgIpc) is 2.28. The van der Waals surface area contributed by atoms with Crippen LogP contribution in [0.4, 0.5) is 8.78 Å². The quantitative estimate of drug-likeness (QED) is 0.460. The van der Waals surface area contributed by atoms with Gasteiger partial charge in [0.1, 0.15) is 11.6 Å². The summed E-state index contributed by atoms with van der Waals surface area (Å²) in [5, 5.41) is 0. The van der Waals surface area contributed by atoms with Crippen LogP contribution in [0.5, 0.6) is 0 Å². The molecule has 2 nitrogen and oxygen atoms in total. The van der Waals surface area contributed by atoms with Crippen molar-refractivity contribution in [1.29, 1.82) is 0 Å². The zero-order valence-corrected chi connectivity index (χ0v) is 9.99. The van der Waals surface area contributed by atoms with Crippen molar-refractivity contribution in [1.82, 2.24) is 5.43 Å². The Bertz CT molecular complexity index is 334. The van der Waals surface area contributed by atoms with Crippen LogP contribution >= 0.6 is 11.8 Å². The molecule has 0 saturated heterocycles. The van der Waals surface area contributed by atoms with Crippen LogP contribution in [0.2, 0.25) is 0 Å². The number of nitrogens with two attached hydrogens (primary N) is 1. The molecule has 0 bridgehead atoms. The predicted octanol–water partition coefficient (Wildman–Crippen LogP) is 2.61. The van der Waals surface area contributed by atoms with Crippen LogP contribution in [0.3, 0.4) is 0 Å². The van der Waals surface area contributed by atoms with Crippen LogP contribution in [0.1, 0.15) is 24.9 Å². The van der Waals surface area contributed by atoms with Gasteiger partial charge >= 0.3 is 0 Å². The van der Waals surface area contributed by atoms with E-state index in [4.69, 9.17) is 5.84 Å². The normalized spacial score (nSPS) is 12.8. The Kier molecular flexibility index (Phi) is 5.73. The van der Waals surface area contributed by atoms with Crippen molar-refractivity contribution < 1.29 is 8.78 Å². The zero-order valence-electron chi connectivity index (χ0n) is 9.17. The molecule has 1 unspecified atom stereocenters. The third kappa shape index (κ3) is 3.73. The summed E-state index contributed by atoms with van der Waals surface area (Å²) in [5.74, 6) is 6.09. The molecule has 90 valence electrons. The van der Waals surface area contributed by atoms with E-state index in [0.717, 1.165) is 24.3 Å². The smallest absolute Gasteiger partial charge is 0.128 e. The van der Waals surface area contributed by atoms with E-state index in [1.54, 1.807) is 11.8 Å². The van der Waals surface area contributed by atoms with E-state index in [2.05, 4.69) is 12.3 Å². The molecule has 5 heteroatoms. The van der Waals surface area contributed by atoms with Crippen molar-refractivity contribution in [3.8, 4) is 0 Å². The molecule has 0 spiro atoms. The van der Waals surface area contributed by atoms with Crippen molar-refractivity contribution >= 4 is 11.8 Å². The molecule has 0 aliphatic rings. The largest absolute Gasteiger partial charge is 0.271 e. The standard InChI is InChI=1S/C11H16F2N2S/c1-2-5-16-7-11(15-14)9-6-8(12)3-4-10(9)13/h3-4,6,11,15H,2,5,7,14H2,1H3. The highest BCUT2D eigenvalue weighted by Crippen LogP contribution is 2.21. The van der Waals surface area contributed by atoms with Crippen molar-refractivity contribution in [2.45, 2.75) is 19.4 Å². The SMILES string of the molecule is CCCSCC(NN)c1cc(F)ccc1F. The average molecular weight is 246 g/mol. The lowest BCUT2D eigenvalue weighted by molar-refractivity contribution is 0.534. The Balaban J connectivity index is 2.73. The maximum atomic E-state index is 13.4. The van der Waals surface area contributed by atoms with Gasteiger partial charge in [0, 0.05) is 11.3 Å². The summed E-state index contributed by atoms with van der Waals surface area (Å²) in [5.41, 5.74) is 2.80. The summed E-state index contributed by atoms with van der Waals surface area (Å²) in [4.78, 5) is 0. The highest BCUT2D eigenvalue weighted by Gasteiger charge is 2.15. The highest BCUT2D eigenvalue weighted by molar-refractivity contribution is 7.99. The third-order valence-corrected chi connectivity index (χ3v) is 3.43. The predicted molar refractivity (Wildman–Crippen MR) is 64.0 cm³/mol. The topological polar surface area (TPSA) is 38.0 Å². The van der Waals surface area contributed by atoms with Crippen LogP contribution < -0.4 is 11.3 Å². The Morgan fingerprint density at radius 1 is 1.44 bits per heavy atom. The van der Waals surface area contributed by atoms with Crippen molar-refractivity contribution in [3.63, 3.8) is 0 Å². The van der Waals surface area contributed by atoms with E-state index in [-0.39, 0.29) is 11.6 Å². The highest BCUT2D eigenvalue weighted by atomic mass is 32.2. The van der Waals surface area contributed by atoms with E-state index in [1.807, 2.05) is 0 Å². The molecule has 1 aromatic carbocycles. The molecule has 1 atom stereocenters. The van der Waals surface area contributed by atoms with Gasteiger partial charge in [0.15, 0.2) is 0 Å². The van der Waals surface area contributed by atoms with E-state index in [0.29, 0.717) is 5.75 Å². The van der Waals surface area contributed by atoms with Gasteiger partial charge in [0.2, 0.25) is 0 Å². The number of nitrogens with one attached hydrogen (secondary N) is 1. The molecule has 1 rings (SSSR count). The first-order valence-electron chi connectivity index (χ1n) is 5.17. The second-order valence-electron chi connectivity index (χ2n) is 3.46. The Hall–Kier alpha value is -0.650. The van der Waals surface area contributed by atoms with Gasteiger partial charge in [-0.1, -0.05) is 6.92 Å². The molecule has 0 heterocycles.